The van der Waals surface area contributed by atoms with Crippen LogP contribution in [0.25, 0.3) is 6.08 Å². The quantitative estimate of drug-likeness (QED) is 0.767. The number of hydrogen-bond acceptors (Lipinski definition) is 3. The second-order valence-electron chi connectivity index (χ2n) is 7.30. The number of halogens is 1. The number of benzene rings is 1. The second kappa shape index (κ2) is 7.16. The van der Waals surface area contributed by atoms with E-state index in [9.17, 15) is 9.18 Å². The van der Waals surface area contributed by atoms with Gasteiger partial charge in [0.2, 0.25) is 5.67 Å². The molecule has 1 heterocycles. The van der Waals surface area contributed by atoms with Gasteiger partial charge >= 0.3 is 5.97 Å². The Balaban J connectivity index is 1.65. The minimum atomic E-state index is -2.07. The van der Waals surface area contributed by atoms with Crippen molar-refractivity contribution >= 4 is 12.0 Å². The zero-order valence-electron chi connectivity index (χ0n) is 14.9. The first-order valence-electron chi connectivity index (χ1n) is 9.02. The van der Waals surface area contributed by atoms with Crippen LogP contribution in [0.4, 0.5) is 4.39 Å². The number of aliphatic carboxylic acids is 1. The van der Waals surface area contributed by atoms with Gasteiger partial charge in [-0.1, -0.05) is 38.0 Å². The monoisotopic (exact) mass is 347 g/mol. The Bertz CT molecular complexity index is 680. The van der Waals surface area contributed by atoms with E-state index in [1.807, 2.05) is 11.0 Å². The van der Waals surface area contributed by atoms with Crippen molar-refractivity contribution in [3.63, 3.8) is 0 Å². The first kappa shape index (κ1) is 17.9. The lowest BCUT2D eigenvalue weighted by atomic mass is 9.83. The molecule has 4 nitrogen and oxygen atoms in total. The highest BCUT2D eigenvalue weighted by molar-refractivity contribution is 5.79. The van der Waals surface area contributed by atoms with Crippen molar-refractivity contribution in [1.82, 2.24) is 4.90 Å². The Morgan fingerprint density at radius 1 is 1.44 bits per heavy atom. The van der Waals surface area contributed by atoms with Gasteiger partial charge in [0.25, 0.3) is 0 Å². The third kappa shape index (κ3) is 3.87. The fraction of sp³-hybridized carbons (Fsp3) is 0.550. The molecule has 1 fully saturated rings. The predicted octanol–water partition coefficient (Wildman–Crippen LogP) is 3.55. The zero-order chi connectivity index (χ0) is 18.0. The minimum Gasteiger partial charge on any atom is -0.494 e. The predicted molar refractivity (Wildman–Crippen MR) is 95.6 cm³/mol. The first-order valence-corrected chi connectivity index (χ1v) is 9.02. The van der Waals surface area contributed by atoms with Crippen LogP contribution in [0, 0.1) is 5.92 Å². The highest BCUT2D eigenvalue weighted by Crippen LogP contribution is 2.34. The molecule has 0 aromatic heterocycles. The van der Waals surface area contributed by atoms with E-state index in [1.165, 1.54) is 16.7 Å². The van der Waals surface area contributed by atoms with E-state index in [4.69, 9.17) is 9.84 Å². The lowest BCUT2D eigenvalue weighted by Crippen LogP contribution is -2.63. The van der Waals surface area contributed by atoms with Crippen molar-refractivity contribution in [3.8, 4) is 5.75 Å². The fourth-order valence-electron chi connectivity index (χ4n) is 3.50. The van der Waals surface area contributed by atoms with E-state index in [2.05, 4.69) is 32.1 Å². The van der Waals surface area contributed by atoms with Crippen molar-refractivity contribution in [2.24, 2.45) is 5.92 Å². The van der Waals surface area contributed by atoms with Gasteiger partial charge in [0.1, 0.15) is 5.75 Å². The third-order valence-electron chi connectivity index (χ3n) is 5.12. The number of unbranched alkanes of at least 4 members (excludes halogenated alkanes) is 1. The largest absolute Gasteiger partial charge is 0.494 e. The average molecular weight is 347 g/mol. The number of carbonyl (C=O) groups is 1. The number of likely N-dealkylation sites (tertiary alicyclic amines) is 1. The molecule has 0 bridgehead atoms. The SMILES string of the molecule is CCCCOc1ccc2c(c1)C[C@@H](C)C(CN1CC(F)(C(=O)O)C1)=C2. The summed E-state index contributed by atoms with van der Waals surface area (Å²) in [6, 6.07) is 6.20. The molecule has 3 rings (SSSR count). The Morgan fingerprint density at radius 3 is 2.88 bits per heavy atom. The topological polar surface area (TPSA) is 49.8 Å². The number of hydrogen-bond donors (Lipinski definition) is 1. The number of carboxylic acids is 1. The number of ether oxygens (including phenoxy) is 1. The minimum absolute atomic E-state index is 0.0243. The van der Waals surface area contributed by atoms with Crippen LogP contribution >= 0.6 is 0 Å². The van der Waals surface area contributed by atoms with Gasteiger partial charge in [-0.05, 0) is 42.0 Å². The van der Waals surface area contributed by atoms with Gasteiger partial charge in [-0.25, -0.2) is 9.18 Å². The second-order valence-corrected chi connectivity index (χ2v) is 7.30. The van der Waals surface area contributed by atoms with E-state index in [0.717, 1.165) is 31.6 Å². The van der Waals surface area contributed by atoms with Crippen molar-refractivity contribution in [1.29, 1.82) is 0 Å². The van der Waals surface area contributed by atoms with Gasteiger partial charge in [0.15, 0.2) is 0 Å². The number of rotatable bonds is 7. The van der Waals surface area contributed by atoms with Crippen LogP contribution in [0.2, 0.25) is 0 Å². The molecule has 1 atom stereocenters. The fourth-order valence-corrected chi connectivity index (χ4v) is 3.50. The normalized spacial score (nSPS) is 21.9. The van der Waals surface area contributed by atoms with E-state index in [-0.39, 0.29) is 13.1 Å². The zero-order valence-corrected chi connectivity index (χ0v) is 14.9. The van der Waals surface area contributed by atoms with Gasteiger partial charge in [-0.15, -0.1) is 0 Å². The lowest BCUT2D eigenvalue weighted by Gasteiger charge is -2.42. The molecule has 0 unspecified atom stereocenters. The summed E-state index contributed by atoms with van der Waals surface area (Å²) in [7, 11) is 0. The van der Waals surface area contributed by atoms with E-state index < -0.39 is 11.6 Å². The van der Waals surface area contributed by atoms with Crippen molar-refractivity contribution in [3.05, 3.63) is 34.9 Å². The molecule has 136 valence electrons. The third-order valence-corrected chi connectivity index (χ3v) is 5.12. The van der Waals surface area contributed by atoms with Crippen LogP contribution in [0.15, 0.2) is 23.8 Å². The van der Waals surface area contributed by atoms with Crippen LogP contribution in [-0.4, -0.2) is 47.9 Å². The van der Waals surface area contributed by atoms with Gasteiger partial charge in [-0.3, -0.25) is 4.90 Å². The van der Waals surface area contributed by atoms with E-state index >= 15 is 0 Å². The van der Waals surface area contributed by atoms with Crippen LogP contribution in [-0.2, 0) is 11.2 Å². The van der Waals surface area contributed by atoms with Gasteiger partial charge in [0, 0.05) is 19.6 Å². The Kier molecular flexibility index (Phi) is 5.13. The van der Waals surface area contributed by atoms with Crippen LogP contribution in [0.3, 0.4) is 0 Å². The van der Waals surface area contributed by atoms with E-state index in [1.54, 1.807) is 0 Å². The van der Waals surface area contributed by atoms with Gasteiger partial charge < -0.3 is 9.84 Å². The summed E-state index contributed by atoms with van der Waals surface area (Å²) in [6.45, 7) is 5.64. The molecule has 1 aliphatic carbocycles. The standard InChI is InChI=1S/C20H26FNO3/c1-3-4-7-25-18-6-5-15-9-17(14(2)8-16(15)10-18)11-22-12-20(21,13-22)19(23)24/h5-6,9-10,14H,3-4,7-8,11-13H2,1-2H3,(H,23,24)/t14-/m1/s1. The molecule has 25 heavy (non-hydrogen) atoms. The maximum Gasteiger partial charge on any atom is 0.344 e. The van der Waals surface area contributed by atoms with Crippen LogP contribution in [0.5, 0.6) is 5.75 Å². The smallest absolute Gasteiger partial charge is 0.344 e. The molecule has 1 aromatic rings. The maximum atomic E-state index is 13.9. The highest BCUT2D eigenvalue weighted by atomic mass is 19.1. The number of nitrogens with zero attached hydrogens (tertiary/aromatic N) is 1. The molecule has 0 radical (unpaired) electrons. The molecule has 5 heteroatoms. The van der Waals surface area contributed by atoms with E-state index in [0.29, 0.717) is 12.5 Å². The Morgan fingerprint density at radius 2 is 2.20 bits per heavy atom. The number of alkyl halides is 1. The summed E-state index contributed by atoms with van der Waals surface area (Å²) >= 11 is 0. The summed E-state index contributed by atoms with van der Waals surface area (Å²) in [5, 5.41) is 8.87. The van der Waals surface area contributed by atoms with Crippen molar-refractivity contribution in [2.45, 2.75) is 38.8 Å². The summed E-state index contributed by atoms with van der Waals surface area (Å²) in [4.78, 5) is 12.7. The highest BCUT2D eigenvalue weighted by Gasteiger charge is 2.50. The molecule has 1 aromatic carbocycles. The maximum absolute atomic E-state index is 13.9. The Hall–Kier alpha value is -1.88. The molecule has 2 aliphatic rings. The van der Waals surface area contributed by atoms with Gasteiger partial charge in [-0.2, -0.15) is 0 Å². The summed E-state index contributed by atoms with van der Waals surface area (Å²) in [5.74, 6) is -0.0733. The van der Waals surface area contributed by atoms with Crippen molar-refractivity contribution in [2.75, 3.05) is 26.2 Å². The Labute approximate surface area is 148 Å². The molecule has 0 saturated carbocycles. The lowest BCUT2D eigenvalue weighted by molar-refractivity contribution is -0.163. The molecule has 0 amide bonds. The van der Waals surface area contributed by atoms with Crippen LogP contribution < -0.4 is 4.74 Å². The molecular formula is C20H26FNO3. The summed E-state index contributed by atoms with van der Waals surface area (Å²) < 4.78 is 19.7. The average Bonchev–Trinajstić information content (AvgIpc) is 2.54. The van der Waals surface area contributed by atoms with Crippen LogP contribution in [0.1, 0.15) is 37.8 Å². The molecule has 1 N–H and O–H groups in total. The number of carboxylic acid groups (broad SMARTS) is 1. The number of fused-ring (bicyclic) bond motifs is 1. The van der Waals surface area contributed by atoms with Gasteiger partial charge in [0.05, 0.1) is 6.61 Å². The van der Waals surface area contributed by atoms with Crippen molar-refractivity contribution < 1.29 is 19.0 Å². The molecule has 1 aliphatic heterocycles. The first-order chi connectivity index (χ1) is 11.9. The summed E-state index contributed by atoms with van der Waals surface area (Å²) in [6.07, 6.45) is 5.27. The molecular weight excluding hydrogens is 321 g/mol. The summed E-state index contributed by atoms with van der Waals surface area (Å²) in [5.41, 5.74) is 1.63. The molecule has 0 spiro atoms. The molecule has 1 saturated heterocycles.